The van der Waals surface area contributed by atoms with E-state index in [1.807, 2.05) is 12.1 Å². The summed E-state index contributed by atoms with van der Waals surface area (Å²) in [5, 5.41) is 7.19. The van der Waals surface area contributed by atoms with Crippen LogP contribution in [0.15, 0.2) is 121 Å². The lowest BCUT2D eigenvalue weighted by molar-refractivity contribution is 0.303. The third-order valence-electron chi connectivity index (χ3n) is 6.31. The largest absolute Gasteiger partial charge is 0.489 e. The van der Waals surface area contributed by atoms with Gasteiger partial charge in [0, 0.05) is 0 Å². The Morgan fingerprint density at radius 3 is 1.32 bits per heavy atom. The van der Waals surface area contributed by atoms with Crippen molar-refractivity contribution in [2.24, 2.45) is 0 Å². The molecule has 0 radical (unpaired) electrons. The van der Waals surface area contributed by atoms with E-state index >= 15 is 0 Å². The molecule has 0 aliphatic rings. The highest BCUT2D eigenvalue weighted by molar-refractivity contribution is 5.89. The minimum absolute atomic E-state index is 0.503. The standard InChI is InChI=1S/C32H24O2/c1-3-9-26-19-30(17-15-23(26)7-1)33-21-28-13-5-11-25-12-6-14-29(32(25)28)22-34-31-18-16-24-8-2-4-10-27(24)20-31/h1-20H,21-22H2. The SMILES string of the molecule is c1ccc2cc(OCc3cccc4cccc(COc5ccc6ccccc6c5)c34)ccc2c1. The van der Waals surface area contributed by atoms with Crippen molar-refractivity contribution in [2.75, 3.05) is 0 Å². The summed E-state index contributed by atoms with van der Waals surface area (Å²) in [6, 6.07) is 41.9. The van der Waals surface area contributed by atoms with Crippen molar-refractivity contribution in [3.63, 3.8) is 0 Å². The van der Waals surface area contributed by atoms with Crippen LogP contribution in [0.25, 0.3) is 32.3 Å². The summed E-state index contributed by atoms with van der Waals surface area (Å²) in [5.41, 5.74) is 2.31. The lowest BCUT2D eigenvalue weighted by Gasteiger charge is -2.14. The predicted molar refractivity (Wildman–Crippen MR) is 141 cm³/mol. The Kier molecular flexibility index (Phi) is 5.33. The maximum atomic E-state index is 6.23. The molecule has 6 rings (SSSR count). The van der Waals surface area contributed by atoms with Gasteiger partial charge in [-0.25, -0.2) is 0 Å². The molecule has 0 amide bonds. The first kappa shape index (κ1) is 20.3. The second-order valence-corrected chi connectivity index (χ2v) is 8.53. The van der Waals surface area contributed by atoms with E-state index < -0.39 is 0 Å². The summed E-state index contributed by atoms with van der Waals surface area (Å²) >= 11 is 0. The number of ether oxygens (including phenoxy) is 2. The van der Waals surface area contributed by atoms with Crippen molar-refractivity contribution in [2.45, 2.75) is 13.2 Å². The number of hydrogen-bond donors (Lipinski definition) is 0. The minimum atomic E-state index is 0.503. The van der Waals surface area contributed by atoms with E-state index in [0.717, 1.165) is 22.6 Å². The molecule has 2 heteroatoms. The van der Waals surface area contributed by atoms with E-state index in [4.69, 9.17) is 9.47 Å². The molecule has 0 aromatic heterocycles. The molecule has 0 bridgehead atoms. The molecule has 0 fully saturated rings. The molecule has 0 aliphatic carbocycles. The Labute approximate surface area is 199 Å². The molecule has 0 atom stereocenters. The maximum absolute atomic E-state index is 6.23. The van der Waals surface area contributed by atoms with Crippen LogP contribution in [0.3, 0.4) is 0 Å². The lowest BCUT2D eigenvalue weighted by Crippen LogP contribution is -2.01. The van der Waals surface area contributed by atoms with Gasteiger partial charge in [0.05, 0.1) is 0 Å². The first-order valence-corrected chi connectivity index (χ1v) is 11.6. The predicted octanol–water partition coefficient (Wildman–Crippen LogP) is 8.30. The first-order valence-electron chi connectivity index (χ1n) is 11.6. The Hall–Kier alpha value is -4.30. The second-order valence-electron chi connectivity index (χ2n) is 8.53. The van der Waals surface area contributed by atoms with Gasteiger partial charge >= 0.3 is 0 Å². The molecule has 0 heterocycles. The zero-order valence-electron chi connectivity index (χ0n) is 18.8. The van der Waals surface area contributed by atoms with Crippen LogP contribution >= 0.6 is 0 Å². The first-order chi connectivity index (χ1) is 16.8. The smallest absolute Gasteiger partial charge is 0.120 e. The van der Waals surface area contributed by atoms with E-state index in [-0.39, 0.29) is 0 Å². The Morgan fingerprint density at radius 1 is 0.382 bits per heavy atom. The van der Waals surface area contributed by atoms with Crippen molar-refractivity contribution in [1.29, 1.82) is 0 Å². The number of rotatable bonds is 6. The summed E-state index contributed by atoms with van der Waals surface area (Å²) in [6.45, 7) is 1.01. The molecule has 6 aromatic rings. The van der Waals surface area contributed by atoms with Crippen molar-refractivity contribution in [1.82, 2.24) is 0 Å². The van der Waals surface area contributed by atoms with Crippen molar-refractivity contribution < 1.29 is 9.47 Å². The molecule has 0 saturated carbocycles. The highest BCUT2D eigenvalue weighted by Crippen LogP contribution is 2.28. The van der Waals surface area contributed by atoms with Gasteiger partial charge in [-0.3, -0.25) is 0 Å². The molecule has 2 nitrogen and oxygen atoms in total. The molecular formula is C32H24O2. The average molecular weight is 441 g/mol. The van der Waals surface area contributed by atoms with Crippen LogP contribution in [-0.2, 0) is 13.2 Å². The third kappa shape index (κ3) is 4.06. The summed E-state index contributed by atoms with van der Waals surface area (Å²) in [5.74, 6) is 1.75. The normalized spacial score (nSPS) is 11.2. The van der Waals surface area contributed by atoms with Gasteiger partial charge in [-0.1, -0.05) is 97.1 Å². The van der Waals surface area contributed by atoms with E-state index in [9.17, 15) is 0 Å². The fraction of sp³-hybridized carbons (Fsp3) is 0.0625. The Bertz CT molecular complexity index is 1500. The lowest BCUT2D eigenvalue weighted by atomic mass is 10.00. The minimum Gasteiger partial charge on any atom is -0.489 e. The third-order valence-corrected chi connectivity index (χ3v) is 6.31. The van der Waals surface area contributed by atoms with E-state index in [1.165, 1.54) is 32.3 Å². The van der Waals surface area contributed by atoms with Gasteiger partial charge in [0.15, 0.2) is 0 Å². The Balaban J connectivity index is 1.26. The molecule has 0 unspecified atom stereocenters. The highest BCUT2D eigenvalue weighted by atomic mass is 16.5. The monoisotopic (exact) mass is 440 g/mol. The van der Waals surface area contributed by atoms with E-state index in [2.05, 4.69) is 109 Å². The quantitative estimate of drug-likeness (QED) is 0.259. The van der Waals surface area contributed by atoms with E-state index in [0.29, 0.717) is 13.2 Å². The summed E-state index contributed by atoms with van der Waals surface area (Å²) in [6.07, 6.45) is 0. The second kappa shape index (κ2) is 8.92. The summed E-state index contributed by atoms with van der Waals surface area (Å²) in [4.78, 5) is 0. The number of hydrogen-bond acceptors (Lipinski definition) is 2. The fourth-order valence-corrected chi connectivity index (χ4v) is 4.58. The number of benzene rings is 6. The highest BCUT2D eigenvalue weighted by Gasteiger charge is 2.09. The van der Waals surface area contributed by atoms with Crippen LogP contribution in [0, 0.1) is 0 Å². The van der Waals surface area contributed by atoms with Gasteiger partial charge in [0.2, 0.25) is 0 Å². The zero-order valence-corrected chi connectivity index (χ0v) is 18.8. The van der Waals surface area contributed by atoms with Crippen LogP contribution in [0.4, 0.5) is 0 Å². The molecule has 0 N–H and O–H groups in total. The summed E-state index contributed by atoms with van der Waals surface area (Å²) in [7, 11) is 0. The molecule has 164 valence electrons. The van der Waals surface area contributed by atoms with Crippen molar-refractivity contribution in [3.8, 4) is 11.5 Å². The van der Waals surface area contributed by atoms with Gasteiger partial charge in [-0.15, -0.1) is 0 Å². The molecule has 0 aliphatic heterocycles. The molecular weight excluding hydrogens is 416 g/mol. The Morgan fingerprint density at radius 2 is 0.824 bits per heavy atom. The fourth-order valence-electron chi connectivity index (χ4n) is 4.58. The maximum Gasteiger partial charge on any atom is 0.120 e. The average Bonchev–Trinajstić information content (AvgIpc) is 2.90. The molecule has 0 spiro atoms. The van der Waals surface area contributed by atoms with Crippen LogP contribution in [0.5, 0.6) is 11.5 Å². The summed E-state index contributed by atoms with van der Waals surface area (Å²) < 4.78 is 12.5. The van der Waals surface area contributed by atoms with Crippen LogP contribution in [-0.4, -0.2) is 0 Å². The topological polar surface area (TPSA) is 18.5 Å². The van der Waals surface area contributed by atoms with Crippen molar-refractivity contribution >= 4 is 32.3 Å². The molecule has 0 saturated heterocycles. The molecule has 34 heavy (non-hydrogen) atoms. The van der Waals surface area contributed by atoms with Gasteiger partial charge < -0.3 is 9.47 Å². The van der Waals surface area contributed by atoms with Crippen LogP contribution in [0.1, 0.15) is 11.1 Å². The van der Waals surface area contributed by atoms with Crippen molar-refractivity contribution in [3.05, 3.63) is 132 Å². The molecule has 6 aromatic carbocycles. The van der Waals surface area contributed by atoms with Crippen LogP contribution in [0.2, 0.25) is 0 Å². The van der Waals surface area contributed by atoms with Gasteiger partial charge in [0.1, 0.15) is 24.7 Å². The number of fused-ring (bicyclic) bond motifs is 3. The zero-order chi connectivity index (χ0) is 22.7. The van der Waals surface area contributed by atoms with Gasteiger partial charge in [-0.05, 0) is 67.7 Å². The van der Waals surface area contributed by atoms with Gasteiger partial charge in [-0.2, -0.15) is 0 Å². The van der Waals surface area contributed by atoms with Gasteiger partial charge in [0.25, 0.3) is 0 Å². The van der Waals surface area contributed by atoms with Crippen LogP contribution < -0.4 is 9.47 Å². The van der Waals surface area contributed by atoms with E-state index in [1.54, 1.807) is 0 Å².